The van der Waals surface area contributed by atoms with Crippen LogP contribution in [0.3, 0.4) is 0 Å². The molecule has 0 aliphatic rings. The molecule has 7 aromatic rings. The van der Waals surface area contributed by atoms with E-state index in [1.807, 2.05) is 24.3 Å². The Bertz CT molecular complexity index is 2020. The van der Waals surface area contributed by atoms with Gasteiger partial charge in [-0.2, -0.15) is 0 Å². The fraction of sp³-hybridized carbons (Fsp3) is 0.0263. The van der Waals surface area contributed by atoms with Gasteiger partial charge in [0, 0.05) is 28.3 Å². The Morgan fingerprint density at radius 2 is 1.17 bits per heavy atom. The zero-order chi connectivity index (χ0) is 28.5. The number of aromatic nitrogens is 1. The predicted molar refractivity (Wildman–Crippen MR) is 173 cm³/mol. The molecule has 0 radical (unpaired) electrons. The van der Waals surface area contributed by atoms with Crippen LogP contribution in [0.4, 0.5) is 21.9 Å². The maximum absolute atomic E-state index is 12.2. The van der Waals surface area contributed by atoms with E-state index in [4.69, 9.17) is 4.74 Å². The molecule has 4 nitrogen and oxygen atoms in total. The van der Waals surface area contributed by atoms with Gasteiger partial charge in [-0.05, 0) is 70.1 Å². The quantitative estimate of drug-likeness (QED) is 0.216. The molecule has 0 unspecified atom stereocenters. The molecule has 0 aliphatic carbocycles. The van der Waals surface area contributed by atoms with E-state index in [-0.39, 0.29) is 0 Å². The second-order valence-corrected chi connectivity index (χ2v) is 10.2. The number of fused-ring (bicyclic) bond motifs is 2. The van der Waals surface area contributed by atoms with Crippen molar-refractivity contribution in [3.63, 3.8) is 0 Å². The monoisotopic (exact) mass is 544 g/mol. The molecule has 1 aromatic heterocycles. The lowest BCUT2D eigenvalue weighted by molar-refractivity contribution is 0.174. The Morgan fingerprint density at radius 3 is 1.90 bits per heavy atom. The number of methoxy groups -OCH3 is 1. The van der Waals surface area contributed by atoms with Gasteiger partial charge in [0.2, 0.25) is 0 Å². The summed E-state index contributed by atoms with van der Waals surface area (Å²) in [5.41, 5.74) is 8.59. The van der Waals surface area contributed by atoms with Crippen LogP contribution < -0.4 is 4.90 Å². The molecule has 0 saturated heterocycles. The second kappa shape index (κ2) is 10.8. The first kappa shape index (κ1) is 25.4. The smallest absolute Gasteiger partial charge is 0.418 e. The van der Waals surface area contributed by atoms with Crippen molar-refractivity contribution in [3.05, 3.63) is 152 Å². The van der Waals surface area contributed by atoms with Gasteiger partial charge < -0.3 is 9.64 Å². The van der Waals surface area contributed by atoms with E-state index in [1.165, 1.54) is 22.4 Å². The second-order valence-electron chi connectivity index (χ2n) is 10.2. The van der Waals surface area contributed by atoms with Crippen molar-refractivity contribution in [1.29, 1.82) is 0 Å². The van der Waals surface area contributed by atoms with E-state index in [1.54, 1.807) is 6.20 Å². The first-order valence-corrected chi connectivity index (χ1v) is 13.9. The molecular formula is C38H28N2O2. The summed E-state index contributed by atoms with van der Waals surface area (Å²) in [7, 11) is 1.39. The summed E-state index contributed by atoms with van der Waals surface area (Å²) in [5, 5.41) is 3.42. The molecule has 0 N–H and O–H groups in total. The van der Waals surface area contributed by atoms with Crippen LogP contribution >= 0.6 is 0 Å². The van der Waals surface area contributed by atoms with E-state index >= 15 is 0 Å². The summed E-state index contributed by atoms with van der Waals surface area (Å²) in [6.45, 7) is 0. The molecule has 0 fully saturated rings. The average Bonchev–Trinajstić information content (AvgIpc) is 3.49. The van der Waals surface area contributed by atoms with Crippen LogP contribution in [-0.4, -0.2) is 17.8 Å². The van der Waals surface area contributed by atoms with Gasteiger partial charge in [-0.15, -0.1) is 0 Å². The Morgan fingerprint density at radius 1 is 0.571 bits per heavy atom. The van der Waals surface area contributed by atoms with E-state index in [0.29, 0.717) is 0 Å². The summed E-state index contributed by atoms with van der Waals surface area (Å²) in [6.07, 6.45) is 1.35. The van der Waals surface area contributed by atoms with Crippen molar-refractivity contribution in [3.8, 4) is 22.3 Å². The minimum atomic E-state index is -0.396. The van der Waals surface area contributed by atoms with Crippen LogP contribution in [0.15, 0.2) is 152 Å². The van der Waals surface area contributed by atoms with Crippen molar-refractivity contribution in [2.24, 2.45) is 0 Å². The molecule has 4 heteroatoms. The Labute approximate surface area is 244 Å². The van der Waals surface area contributed by atoms with Gasteiger partial charge in [-0.3, -0.25) is 4.57 Å². The highest BCUT2D eigenvalue weighted by molar-refractivity contribution is 5.99. The molecule has 202 valence electrons. The van der Waals surface area contributed by atoms with Crippen molar-refractivity contribution in [2.45, 2.75) is 0 Å². The van der Waals surface area contributed by atoms with Crippen LogP contribution in [0, 0.1) is 0 Å². The maximum Gasteiger partial charge on any atom is 0.418 e. The van der Waals surface area contributed by atoms with Gasteiger partial charge in [-0.25, -0.2) is 4.79 Å². The molecule has 7 rings (SSSR count). The average molecular weight is 545 g/mol. The van der Waals surface area contributed by atoms with Gasteiger partial charge in [-0.1, -0.05) is 103 Å². The minimum Gasteiger partial charge on any atom is -0.452 e. The van der Waals surface area contributed by atoms with Gasteiger partial charge in [0.05, 0.1) is 18.3 Å². The third-order valence-electron chi connectivity index (χ3n) is 7.76. The summed E-state index contributed by atoms with van der Waals surface area (Å²) in [4.78, 5) is 14.5. The minimum absolute atomic E-state index is 0.396. The van der Waals surface area contributed by atoms with Gasteiger partial charge >= 0.3 is 6.09 Å². The SMILES string of the molecule is COC(=O)n1ccc2ccc(-c3ccc(-c4ccc(N(c5ccccc5)c5cccc6ccccc56)cc4)cc3)cc21. The maximum atomic E-state index is 12.2. The van der Waals surface area contributed by atoms with Crippen molar-refractivity contribution < 1.29 is 9.53 Å². The number of anilines is 3. The highest BCUT2D eigenvalue weighted by Crippen LogP contribution is 2.39. The predicted octanol–water partition coefficient (Wildman–Crippen LogP) is 10.2. The van der Waals surface area contributed by atoms with E-state index in [9.17, 15) is 4.79 Å². The number of nitrogens with zero attached hydrogens (tertiary/aromatic N) is 2. The Hall–Kier alpha value is -5.61. The number of ether oxygens (including phenoxy) is 1. The first-order valence-electron chi connectivity index (χ1n) is 13.9. The summed E-state index contributed by atoms with van der Waals surface area (Å²) >= 11 is 0. The summed E-state index contributed by atoms with van der Waals surface area (Å²) < 4.78 is 6.46. The van der Waals surface area contributed by atoms with E-state index in [0.717, 1.165) is 50.2 Å². The van der Waals surface area contributed by atoms with Crippen LogP contribution in [0.2, 0.25) is 0 Å². The summed E-state index contributed by atoms with van der Waals surface area (Å²) in [5.74, 6) is 0. The standard InChI is InChI=1S/C38H28N2O2/c1-42-38(41)39-25-24-31-18-19-32(26-37(31)39)29-16-14-27(15-17-29)28-20-22-34(23-21-28)40(33-10-3-2-4-11-33)36-13-7-9-30-8-5-6-12-35(30)36/h2-26H,1H3. The topological polar surface area (TPSA) is 34.5 Å². The third kappa shape index (κ3) is 4.59. The number of hydrogen-bond acceptors (Lipinski definition) is 3. The lowest BCUT2D eigenvalue weighted by Crippen LogP contribution is -2.10. The molecule has 1 heterocycles. The first-order chi connectivity index (χ1) is 20.7. The number of benzene rings is 6. The van der Waals surface area contributed by atoms with Crippen LogP contribution in [0.5, 0.6) is 0 Å². The fourth-order valence-corrected chi connectivity index (χ4v) is 5.63. The Balaban J connectivity index is 1.21. The molecule has 0 amide bonds. The van der Waals surface area contributed by atoms with Crippen LogP contribution in [0.25, 0.3) is 43.9 Å². The number of hydrogen-bond donors (Lipinski definition) is 0. The highest BCUT2D eigenvalue weighted by Gasteiger charge is 2.15. The molecule has 0 atom stereocenters. The molecule has 42 heavy (non-hydrogen) atoms. The van der Waals surface area contributed by atoms with Crippen molar-refractivity contribution in [2.75, 3.05) is 12.0 Å². The van der Waals surface area contributed by atoms with E-state index in [2.05, 4.69) is 126 Å². The molecule has 0 aliphatic heterocycles. The van der Waals surface area contributed by atoms with Crippen molar-refractivity contribution in [1.82, 2.24) is 4.57 Å². The molecule has 6 aromatic carbocycles. The molecule has 0 spiro atoms. The van der Waals surface area contributed by atoms with Crippen molar-refractivity contribution >= 4 is 44.8 Å². The Kier molecular flexibility index (Phi) is 6.49. The van der Waals surface area contributed by atoms with E-state index < -0.39 is 6.09 Å². The molecule has 0 saturated carbocycles. The largest absolute Gasteiger partial charge is 0.452 e. The molecule has 0 bridgehead atoms. The van der Waals surface area contributed by atoms with Crippen LogP contribution in [0.1, 0.15) is 0 Å². The van der Waals surface area contributed by atoms with Gasteiger partial charge in [0.25, 0.3) is 0 Å². The number of carbonyl (C=O) groups excluding carboxylic acids is 1. The fourth-order valence-electron chi connectivity index (χ4n) is 5.63. The zero-order valence-electron chi connectivity index (χ0n) is 23.1. The number of rotatable bonds is 5. The lowest BCUT2D eigenvalue weighted by Gasteiger charge is -2.27. The van der Waals surface area contributed by atoms with Crippen LogP contribution in [-0.2, 0) is 4.74 Å². The highest BCUT2D eigenvalue weighted by atomic mass is 16.5. The number of carbonyl (C=O) groups is 1. The normalized spacial score (nSPS) is 11.1. The van der Waals surface area contributed by atoms with Gasteiger partial charge in [0.15, 0.2) is 0 Å². The lowest BCUT2D eigenvalue weighted by atomic mass is 9.99. The summed E-state index contributed by atoms with van der Waals surface area (Å²) in [6, 6.07) is 50.8. The zero-order valence-corrected chi connectivity index (χ0v) is 23.1. The molecular weight excluding hydrogens is 516 g/mol. The number of para-hydroxylation sites is 1. The third-order valence-corrected chi connectivity index (χ3v) is 7.76. The van der Waals surface area contributed by atoms with Gasteiger partial charge in [0.1, 0.15) is 0 Å².